The molecule has 32 heavy (non-hydrogen) atoms. The van der Waals surface area contributed by atoms with Crippen molar-refractivity contribution < 1.29 is 0 Å². The van der Waals surface area contributed by atoms with Crippen molar-refractivity contribution >= 4 is 17.3 Å². The van der Waals surface area contributed by atoms with Crippen LogP contribution in [0.1, 0.15) is 46.7 Å². The zero-order chi connectivity index (χ0) is 22.8. The smallest absolute Gasteiger partial charge is 0.170 e. The Hall–Kier alpha value is -2.77. The van der Waals surface area contributed by atoms with E-state index in [1.807, 2.05) is 30.6 Å². The minimum absolute atomic E-state index is 0.00170. The topological polar surface area (TPSA) is 49.2 Å². The molecule has 6 nitrogen and oxygen atoms in total. The van der Waals surface area contributed by atoms with Crippen LogP contribution in [0.5, 0.6) is 0 Å². The van der Waals surface area contributed by atoms with Crippen molar-refractivity contribution in [3.8, 4) is 5.82 Å². The molecule has 1 fully saturated rings. The maximum atomic E-state index is 5.83. The largest absolute Gasteiger partial charge is 0.352 e. The number of aryl methyl sites for hydroxylation is 2. The van der Waals surface area contributed by atoms with Gasteiger partial charge in [-0.15, -0.1) is 0 Å². The number of rotatable bonds is 7. The van der Waals surface area contributed by atoms with Crippen LogP contribution in [-0.4, -0.2) is 56.6 Å². The summed E-state index contributed by atoms with van der Waals surface area (Å²) in [5.41, 5.74) is 5.80. The van der Waals surface area contributed by atoms with Crippen LogP contribution in [0.3, 0.4) is 0 Å². The molecule has 0 aromatic carbocycles. The lowest BCUT2D eigenvalue weighted by atomic mass is 9.96. The molecule has 168 valence electrons. The van der Waals surface area contributed by atoms with Gasteiger partial charge in [-0.05, 0) is 95.4 Å². The summed E-state index contributed by atoms with van der Waals surface area (Å²) in [5.74, 6) is 0.982. The van der Waals surface area contributed by atoms with E-state index in [1.165, 1.54) is 17.0 Å². The van der Waals surface area contributed by atoms with Crippen LogP contribution in [-0.2, 0) is 0 Å². The lowest BCUT2D eigenvalue weighted by Crippen LogP contribution is -2.32. The molecule has 3 aromatic heterocycles. The van der Waals surface area contributed by atoms with Gasteiger partial charge in [0.15, 0.2) is 5.11 Å². The Morgan fingerprint density at radius 2 is 1.84 bits per heavy atom. The number of nitrogens with one attached hydrogen (secondary N) is 1. The van der Waals surface area contributed by atoms with Gasteiger partial charge in [0.2, 0.25) is 0 Å². The first-order valence-corrected chi connectivity index (χ1v) is 11.5. The fourth-order valence-corrected chi connectivity index (χ4v) is 5.00. The summed E-state index contributed by atoms with van der Waals surface area (Å²) < 4.78 is 2.26. The lowest BCUT2D eigenvalue weighted by Gasteiger charge is -2.28. The van der Waals surface area contributed by atoms with E-state index < -0.39 is 0 Å². The summed E-state index contributed by atoms with van der Waals surface area (Å²) in [6, 6.07) is 12.5. The van der Waals surface area contributed by atoms with Gasteiger partial charge in [-0.25, -0.2) is 4.98 Å². The third kappa shape index (κ3) is 4.27. The van der Waals surface area contributed by atoms with Crippen LogP contribution in [0, 0.1) is 20.8 Å². The Labute approximate surface area is 196 Å². The minimum Gasteiger partial charge on any atom is -0.352 e. The quantitative estimate of drug-likeness (QED) is 0.549. The molecule has 1 aliphatic heterocycles. The standard InChI is InChI=1S/C25H32N6S/c1-17-10-8-13-27-24(17)31-18(2)16-20(19(31)3)23-22(21-11-6-7-12-26-21)28-25(32)30(23)15-9-14-29(4)5/h6-8,10-13,16,22-23H,9,14-15H2,1-5H3,(H,28,32)/t22-,23+/m1/s1. The number of aromatic nitrogens is 3. The third-order valence-electron chi connectivity index (χ3n) is 6.18. The highest BCUT2D eigenvalue weighted by Crippen LogP contribution is 2.41. The fraction of sp³-hybridized carbons (Fsp3) is 0.400. The molecule has 4 heterocycles. The molecule has 3 aromatic rings. The summed E-state index contributed by atoms with van der Waals surface area (Å²) >= 11 is 5.83. The zero-order valence-electron chi connectivity index (χ0n) is 19.5. The van der Waals surface area contributed by atoms with Crippen LogP contribution in [0.4, 0.5) is 0 Å². The molecule has 1 N–H and O–H groups in total. The molecule has 0 aliphatic carbocycles. The number of nitrogens with zero attached hydrogens (tertiary/aromatic N) is 5. The molecule has 0 bridgehead atoms. The van der Waals surface area contributed by atoms with E-state index >= 15 is 0 Å². The Morgan fingerprint density at radius 1 is 1.06 bits per heavy atom. The second-order valence-corrected chi connectivity index (χ2v) is 9.17. The van der Waals surface area contributed by atoms with E-state index in [2.05, 4.69) is 82.7 Å². The number of pyridine rings is 2. The van der Waals surface area contributed by atoms with E-state index in [-0.39, 0.29) is 12.1 Å². The minimum atomic E-state index is 0.00170. The van der Waals surface area contributed by atoms with Crippen molar-refractivity contribution in [3.63, 3.8) is 0 Å². The van der Waals surface area contributed by atoms with Gasteiger partial charge < -0.3 is 19.7 Å². The first-order valence-electron chi connectivity index (χ1n) is 11.1. The molecule has 0 amide bonds. The first-order chi connectivity index (χ1) is 15.4. The molecular weight excluding hydrogens is 416 g/mol. The molecule has 1 aliphatic rings. The van der Waals surface area contributed by atoms with E-state index in [0.29, 0.717) is 0 Å². The van der Waals surface area contributed by atoms with Crippen molar-refractivity contribution in [1.82, 2.24) is 29.7 Å². The zero-order valence-corrected chi connectivity index (χ0v) is 20.4. The van der Waals surface area contributed by atoms with Crippen LogP contribution < -0.4 is 5.32 Å². The van der Waals surface area contributed by atoms with Gasteiger partial charge in [0.25, 0.3) is 0 Å². The fourth-order valence-electron chi connectivity index (χ4n) is 4.67. The molecule has 0 radical (unpaired) electrons. The average Bonchev–Trinajstić information content (AvgIpc) is 3.24. The van der Waals surface area contributed by atoms with E-state index in [4.69, 9.17) is 12.2 Å². The van der Waals surface area contributed by atoms with Crippen LogP contribution in [0.15, 0.2) is 48.8 Å². The van der Waals surface area contributed by atoms with Crippen LogP contribution >= 0.6 is 12.2 Å². The van der Waals surface area contributed by atoms with E-state index in [9.17, 15) is 0 Å². The summed E-state index contributed by atoms with van der Waals surface area (Å²) in [6.07, 6.45) is 4.75. The molecule has 2 atom stereocenters. The van der Waals surface area contributed by atoms with Gasteiger partial charge in [0.05, 0.1) is 17.8 Å². The summed E-state index contributed by atoms with van der Waals surface area (Å²) in [6.45, 7) is 8.36. The highest BCUT2D eigenvalue weighted by Gasteiger charge is 2.41. The Bertz CT molecular complexity index is 1090. The lowest BCUT2D eigenvalue weighted by molar-refractivity contribution is 0.292. The van der Waals surface area contributed by atoms with Gasteiger partial charge in [-0.3, -0.25) is 4.98 Å². The molecular formula is C25H32N6S. The molecule has 4 rings (SSSR count). The normalized spacial score (nSPS) is 18.4. The van der Waals surface area contributed by atoms with Crippen LogP contribution in [0.2, 0.25) is 0 Å². The Kier molecular flexibility index (Phi) is 6.58. The highest BCUT2D eigenvalue weighted by molar-refractivity contribution is 7.80. The van der Waals surface area contributed by atoms with Crippen molar-refractivity contribution in [2.75, 3.05) is 27.2 Å². The molecule has 0 spiro atoms. The highest BCUT2D eigenvalue weighted by atomic mass is 32.1. The van der Waals surface area contributed by atoms with Crippen molar-refractivity contribution in [2.45, 2.75) is 39.3 Å². The van der Waals surface area contributed by atoms with E-state index in [0.717, 1.165) is 41.7 Å². The predicted octanol–water partition coefficient (Wildman–Crippen LogP) is 4.12. The molecule has 0 saturated carbocycles. The second-order valence-electron chi connectivity index (χ2n) is 8.78. The van der Waals surface area contributed by atoms with E-state index in [1.54, 1.807) is 0 Å². The average molecular weight is 449 g/mol. The SMILES string of the molecule is Cc1cccnc1-n1c(C)cc([C@H]2[C@@H](c3ccccn3)NC(=S)N2CCCN(C)C)c1C. The predicted molar refractivity (Wildman–Crippen MR) is 133 cm³/mol. The summed E-state index contributed by atoms with van der Waals surface area (Å²) in [7, 11) is 4.22. The maximum absolute atomic E-state index is 5.83. The Balaban J connectivity index is 1.78. The molecule has 0 unspecified atom stereocenters. The molecule has 7 heteroatoms. The van der Waals surface area contributed by atoms with Gasteiger partial charge in [0, 0.05) is 30.3 Å². The van der Waals surface area contributed by atoms with Gasteiger partial charge >= 0.3 is 0 Å². The monoisotopic (exact) mass is 448 g/mol. The van der Waals surface area contributed by atoms with Crippen molar-refractivity contribution in [1.29, 1.82) is 0 Å². The van der Waals surface area contributed by atoms with Crippen molar-refractivity contribution in [2.24, 2.45) is 0 Å². The maximum Gasteiger partial charge on any atom is 0.170 e. The van der Waals surface area contributed by atoms with Gasteiger partial charge in [0.1, 0.15) is 5.82 Å². The van der Waals surface area contributed by atoms with Gasteiger partial charge in [-0.1, -0.05) is 12.1 Å². The van der Waals surface area contributed by atoms with Crippen LogP contribution in [0.25, 0.3) is 5.82 Å². The number of thiocarbonyl (C=S) groups is 1. The first kappa shape index (κ1) is 22.4. The summed E-state index contributed by atoms with van der Waals surface area (Å²) in [5, 5.41) is 4.37. The number of hydrogen-bond donors (Lipinski definition) is 1. The second kappa shape index (κ2) is 9.38. The van der Waals surface area contributed by atoms with Crippen molar-refractivity contribution in [3.05, 3.63) is 77.0 Å². The summed E-state index contributed by atoms with van der Waals surface area (Å²) in [4.78, 5) is 13.9. The third-order valence-corrected chi connectivity index (χ3v) is 6.54. The van der Waals surface area contributed by atoms with Gasteiger partial charge in [-0.2, -0.15) is 0 Å². The number of hydrogen-bond acceptors (Lipinski definition) is 4. The molecule has 1 saturated heterocycles. The Morgan fingerprint density at radius 3 is 2.53 bits per heavy atom.